The van der Waals surface area contributed by atoms with Gasteiger partial charge >= 0.3 is 0 Å². The van der Waals surface area contributed by atoms with Gasteiger partial charge in [0, 0.05) is 6.08 Å². The highest BCUT2D eigenvalue weighted by atomic mass is 16.3. The number of rotatable bonds is 5. The summed E-state index contributed by atoms with van der Waals surface area (Å²) in [6.45, 7) is 2.00. The normalized spacial score (nSPS) is 12.1. The molecule has 0 bridgehead atoms. The number of carbonyl (C=O) groups is 1. The Hall–Kier alpha value is -3.07. The van der Waals surface area contributed by atoms with Crippen LogP contribution >= 0.6 is 0 Å². The summed E-state index contributed by atoms with van der Waals surface area (Å²) in [5.41, 5.74) is 2.90. The molecule has 0 unspecified atom stereocenters. The van der Waals surface area contributed by atoms with E-state index in [0.717, 1.165) is 22.8 Å². The fraction of sp³-hybridized carbons (Fsp3) is 0.0500. The molecule has 3 heteroatoms. The number of allylic oxidation sites excluding steroid dienone is 3. The van der Waals surface area contributed by atoms with Gasteiger partial charge in [0.15, 0.2) is 5.78 Å². The second-order valence-electron chi connectivity index (χ2n) is 5.14. The maximum atomic E-state index is 11.7. The zero-order chi connectivity index (χ0) is 16.7. The first-order valence-electron chi connectivity index (χ1n) is 7.19. The average molecular weight is 306 g/mol. The summed E-state index contributed by atoms with van der Waals surface area (Å²) < 4.78 is 0. The van der Waals surface area contributed by atoms with Crippen LogP contribution < -0.4 is 0 Å². The molecule has 0 aliphatic carbocycles. The highest BCUT2D eigenvalue weighted by Crippen LogP contribution is 2.11. The molecular formula is C20H18O3. The first-order valence-corrected chi connectivity index (χ1v) is 7.19. The van der Waals surface area contributed by atoms with Gasteiger partial charge in [-0.2, -0.15) is 0 Å². The molecular weight excluding hydrogens is 288 g/mol. The molecule has 2 N–H and O–H groups in total. The van der Waals surface area contributed by atoms with Crippen molar-refractivity contribution in [3.63, 3.8) is 0 Å². The van der Waals surface area contributed by atoms with E-state index in [4.69, 9.17) is 0 Å². The minimum absolute atomic E-state index is 0.106. The highest BCUT2D eigenvalue weighted by Gasteiger charge is 1.95. The molecule has 2 rings (SSSR count). The number of aliphatic hydroxyl groups excluding tert-OH is 1. The number of aromatic hydroxyl groups is 1. The molecule has 2 aromatic rings. The molecule has 0 saturated heterocycles. The smallest absolute Gasteiger partial charge is 0.182 e. The Morgan fingerprint density at radius 2 is 1.39 bits per heavy atom. The van der Waals surface area contributed by atoms with Crippen LogP contribution in [0.15, 0.2) is 72.5 Å². The van der Waals surface area contributed by atoms with Gasteiger partial charge < -0.3 is 10.2 Å². The summed E-state index contributed by atoms with van der Waals surface area (Å²) in [4.78, 5) is 11.7. The number of aryl methyl sites for hydroxylation is 1. The van der Waals surface area contributed by atoms with Crippen molar-refractivity contribution < 1.29 is 15.0 Å². The minimum atomic E-state index is -0.316. The summed E-state index contributed by atoms with van der Waals surface area (Å²) in [6.07, 6.45) is 7.36. The van der Waals surface area contributed by atoms with E-state index in [-0.39, 0.29) is 17.3 Å². The van der Waals surface area contributed by atoms with Gasteiger partial charge in [0.05, 0.1) is 0 Å². The van der Waals surface area contributed by atoms with Gasteiger partial charge in [-0.1, -0.05) is 54.1 Å². The fourth-order valence-corrected chi connectivity index (χ4v) is 1.86. The second kappa shape index (κ2) is 7.80. The first kappa shape index (κ1) is 16.3. The van der Waals surface area contributed by atoms with Crippen LogP contribution in [0.2, 0.25) is 0 Å². The van der Waals surface area contributed by atoms with Gasteiger partial charge in [-0.15, -0.1) is 0 Å². The van der Waals surface area contributed by atoms with Crippen LogP contribution in [0, 0.1) is 6.92 Å². The summed E-state index contributed by atoms with van der Waals surface area (Å²) in [5.74, 6) is -0.248. The highest BCUT2D eigenvalue weighted by molar-refractivity contribution is 6.02. The number of carbonyl (C=O) groups excluding carboxylic acids is 1. The van der Waals surface area contributed by atoms with Crippen molar-refractivity contribution >= 4 is 17.9 Å². The van der Waals surface area contributed by atoms with Crippen LogP contribution in [0.1, 0.15) is 16.7 Å². The SMILES string of the molecule is Cc1ccc(/C=C/C(O)=C/C(=O)/C=C/c2ccc(O)cc2)cc1. The number of benzene rings is 2. The van der Waals surface area contributed by atoms with E-state index in [9.17, 15) is 15.0 Å². The van der Waals surface area contributed by atoms with Gasteiger partial charge in [-0.3, -0.25) is 4.79 Å². The number of hydrogen-bond donors (Lipinski definition) is 2. The minimum Gasteiger partial charge on any atom is -0.508 e. The summed E-state index contributed by atoms with van der Waals surface area (Å²) >= 11 is 0. The van der Waals surface area contributed by atoms with Crippen molar-refractivity contribution in [1.82, 2.24) is 0 Å². The standard InChI is InChI=1S/C20H18O3/c1-15-2-4-16(5-3-15)8-12-19(22)14-20(23)13-9-17-6-10-18(21)11-7-17/h2-14,21-22H,1H3/b12-8+,13-9+,19-14-. The lowest BCUT2D eigenvalue weighted by atomic mass is 10.1. The summed E-state index contributed by atoms with van der Waals surface area (Å²) in [7, 11) is 0. The van der Waals surface area contributed by atoms with Crippen molar-refractivity contribution in [2.75, 3.05) is 0 Å². The number of phenols is 1. The van der Waals surface area contributed by atoms with Crippen molar-refractivity contribution in [3.05, 3.63) is 89.2 Å². The van der Waals surface area contributed by atoms with Crippen LogP contribution in [0.5, 0.6) is 5.75 Å². The summed E-state index contributed by atoms with van der Waals surface area (Å²) in [5, 5.41) is 18.9. The molecule has 3 nitrogen and oxygen atoms in total. The molecule has 0 spiro atoms. The predicted molar refractivity (Wildman–Crippen MR) is 93.1 cm³/mol. The third-order valence-corrected chi connectivity index (χ3v) is 3.15. The van der Waals surface area contributed by atoms with E-state index >= 15 is 0 Å². The quantitative estimate of drug-likeness (QED) is 0.488. The monoisotopic (exact) mass is 306 g/mol. The maximum Gasteiger partial charge on any atom is 0.182 e. The van der Waals surface area contributed by atoms with E-state index in [1.165, 1.54) is 12.2 Å². The molecule has 0 aliphatic heterocycles. The lowest BCUT2D eigenvalue weighted by Gasteiger charge is -1.95. The van der Waals surface area contributed by atoms with E-state index in [2.05, 4.69) is 0 Å². The molecule has 0 atom stereocenters. The lowest BCUT2D eigenvalue weighted by Crippen LogP contribution is -1.88. The van der Waals surface area contributed by atoms with E-state index in [1.807, 2.05) is 31.2 Å². The Labute approximate surface area is 135 Å². The van der Waals surface area contributed by atoms with Crippen LogP contribution in [-0.2, 0) is 4.79 Å². The molecule has 0 heterocycles. The molecule has 116 valence electrons. The van der Waals surface area contributed by atoms with Crippen molar-refractivity contribution in [3.8, 4) is 5.75 Å². The number of phenolic OH excluding ortho intramolecular Hbond substituents is 1. The zero-order valence-electron chi connectivity index (χ0n) is 12.8. The molecule has 0 saturated carbocycles. The van der Waals surface area contributed by atoms with Crippen LogP contribution in [0.25, 0.3) is 12.2 Å². The summed E-state index contributed by atoms with van der Waals surface area (Å²) in [6, 6.07) is 14.3. The molecule has 23 heavy (non-hydrogen) atoms. The van der Waals surface area contributed by atoms with Crippen molar-refractivity contribution in [2.24, 2.45) is 0 Å². The Morgan fingerprint density at radius 1 is 0.870 bits per heavy atom. The predicted octanol–water partition coefficient (Wildman–Crippen LogP) is 4.44. The van der Waals surface area contributed by atoms with Crippen LogP contribution in [-0.4, -0.2) is 16.0 Å². The van der Waals surface area contributed by atoms with Crippen molar-refractivity contribution in [1.29, 1.82) is 0 Å². The van der Waals surface area contributed by atoms with E-state index < -0.39 is 0 Å². The van der Waals surface area contributed by atoms with E-state index in [0.29, 0.717) is 0 Å². The third-order valence-electron chi connectivity index (χ3n) is 3.15. The van der Waals surface area contributed by atoms with Gasteiger partial charge in [-0.25, -0.2) is 0 Å². The lowest BCUT2D eigenvalue weighted by molar-refractivity contribution is -0.110. The second-order valence-corrected chi connectivity index (χ2v) is 5.14. The molecule has 0 amide bonds. The Balaban J connectivity index is 1.98. The molecule has 0 radical (unpaired) electrons. The fourth-order valence-electron chi connectivity index (χ4n) is 1.86. The molecule has 2 aromatic carbocycles. The molecule has 0 aromatic heterocycles. The van der Waals surface area contributed by atoms with Gasteiger partial charge in [0.25, 0.3) is 0 Å². The number of aliphatic hydroxyl groups is 1. The molecule has 0 fully saturated rings. The zero-order valence-corrected chi connectivity index (χ0v) is 12.8. The topological polar surface area (TPSA) is 57.5 Å². The number of hydrogen-bond acceptors (Lipinski definition) is 3. The van der Waals surface area contributed by atoms with Crippen LogP contribution in [0.4, 0.5) is 0 Å². The van der Waals surface area contributed by atoms with Gasteiger partial charge in [0.2, 0.25) is 0 Å². The van der Waals surface area contributed by atoms with E-state index in [1.54, 1.807) is 36.4 Å². The first-order chi connectivity index (χ1) is 11.0. The van der Waals surface area contributed by atoms with Gasteiger partial charge in [0.1, 0.15) is 11.5 Å². The maximum absolute atomic E-state index is 11.7. The molecule has 0 aliphatic rings. The Morgan fingerprint density at radius 3 is 2.00 bits per heavy atom. The van der Waals surface area contributed by atoms with Crippen molar-refractivity contribution in [2.45, 2.75) is 6.92 Å². The van der Waals surface area contributed by atoms with Crippen LogP contribution in [0.3, 0.4) is 0 Å². The third kappa shape index (κ3) is 5.67. The Bertz CT molecular complexity index is 748. The average Bonchev–Trinajstić information content (AvgIpc) is 2.54. The number of ketones is 1. The largest absolute Gasteiger partial charge is 0.508 e. The Kier molecular flexibility index (Phi) is 5.53. The van der Waals surface area contributed by atoms with Gasteiger partial charge in [-0.05, 0) is 42.3 Å².